The van der Waals surface area contributed by atoms with Gasteiger partial charge in [0.2, 0.25) is 5.91 Å². The minimum Gasteiger partial charge on any atom is -0.342 e. The largest absolute Gasteiger partial charge is 0.342 e. The number of hydrogen-bond donors (Lipinski definition) is 1. The third-order valence-electron chi connectivity index (χ3n) is 6.21. The molecule has 0 spiro atoms. The van der Waals surface area contributed by atoms with E-state index >= 15 is 0 Å². The third-order valence-corrected chi connectivity index (χ3v) is 6.21. The molecular formula is C26H25N3O. The monoisotopic (exact) mass is 395 g/mol. The smallest absolute Gasteiger partial charge is 0.221 e. The molecule has 4 heteroatoms. The highest BCUT2D eigenvalue weighted by Crippen LogP contribution is 2.35. The van der Waals surface area contributed by atoms with Crippen LogP contribution in [0.25, 0.3) is 11.0 Å². The fourth-order valence-electron chi connectivity index (χ4n) is 4.67. The number of carbonyl (C=O) groups is 1. The maximum Gasteiger partial charge on any atom is 0.221 e. The number of nitrogens with zero attached hydrogens (tertiary/aromatic N) is 2. The number of para-hydroxylation sites is 2. The maximum absolute atomic E-state index is 13.1. The first-order chi connectivity index (χ1) is 14.7. The quantitative estimate of drug-likeness (QED) is 0.522. The molecule has 2 atom stereocenters. The first kappa shape index (κ1) is 18.6. The van der Waals surface area contributed by atoms with Crippen LogP contribution in [-0.2, 0) is 18.3 Å². The van der Waals surface area contributed by atoms with Gasteiger partial charge < -0.3 is 9.88 Å². The van der Waals surface area contributed by atoms with Gasteiger partial charge >= 0.3 is 0 Å². The van der Waals surface area contributed by atoms with Crippen molar-refractivity contribution < 1.29 is 4.79 Å². The van der Waals surface area contributed by atoms with Crippen LogP contribution in [0.15, 0.2) is 78.9 Å². The first-order valence-electron chi connectivity index (χ1n) is 10.5. The van der Waals surface area contributed by atoms with E-state index < -0.39 is 0 Å². The van der Waals surface area contributed by atoms with Crippen LogP contribution in [0.2, 0.25) is 0 Å². The molecule has 0 radical (unpaired) electrons. The zero-order valence-electron chi connectivity index (χ0n) is 17.1. The van der Waals surface area contributed by atoms with Gasteiger partial charge in [0, 0.05) is 13.5 Å². The van der Waals surface area contributed by atoms with E-state index in [1.165, 1.54) is 11.1 Å². The number of aryl methyl sites for hydroxylation is 2. The number of benzene rings is 3. The van der Waals surface area contributed by atoms with Crippen LogP contribution < -0.4 is 5.32 Å². The highest BCUT2D eigenvalue weighted by Gasteiger charge is 2.27. The van der Waals surface area contributed by atoms with Crippen LogP contribution in [0, 0.1) is 0 Å². The second-order valence-electron chi connectivity index (χ2n) is 8.07. The van der Waals surface area contributed by atoms with Gasteiger partial charge in [-0.3, -0.25) is 4.79 Å². The molecule has 4 aromatic rings. The summed E-state index contributed by atoms with van der Waals surface area (Å²) >= 11 is 0. The Hall–Kier alpha value is -3.40. The molecule has 1 N–H and O–H groups in total. The summed E-state index contributed by atoms with van der Waals surface area (Å²) in [4.78, 5) is 18.0. The van der Waals surface area contributed by atoms with Gasteiger partial charge in [0.15, 0.2) is 0 Å². The van der Waals surface area contributed by atoms with E-state index in [1.54, 1.807) is 0 Å². The standard InChI is InChI=1S/C26H25N3O/c1-29-23-14-8-7-13-22(23)27-26(29)25(19-10-3-2-4-11-19)28-24(30)17-20-16-15-18-9-5-6-12-21(18)20/h2-14,20,25H,15-17H2,1H3,(H,28,30). The average molecular weight is 396 g/mol. The molecule has 1 aromatic heterocycles. The van der Waals surface area contributed by atoms with Crippen molar-refractivity contribution in [1.29, 1.82) is 0 Å². The predicted molar refractivity (Wildman–Crippen MR) is 119 cm³/mol. The second kappa shape index (κ2) is 7.79. The van der Waals surface area contributed by atoms with Crippen LogP contribution in [0.4, 0.5) is 0 Å². The number of carbonyl (C=O) groups excluding carboxylic acids is 1. The highest BCUT2D eigenvalue weighted by atomic mass is 16.1. The molecule has 3 aromatic carbocycles. The van der Waals surface area contributed by atoms with E-state index in [0.717, 1.165) is 35.3 Å². The van der Waals surface area contributed by atoms with Gasteiger partial charge in [0.25, 0.3) is 0 Å². The number of amides is 1. The van der Waals surface area contributed by atoms with E-state index in [2.05, 4.69) is 52.3 Å². The summed E-state index contributed by atoms with van der Waals surface area (Å²) < 4.78 is 2.08. The topological polar surface area (TPSA) is 46.9 Å². The Morgan fingerprint density at radius 1 is 1.03 bits per heavy atom. The van der Waals surface area contributed by atoms with Gasteiger partial charge in [0.1, 0.15) is 11.9 Å². The number of imidazole rings is 1. The fraction of sp³-hybridized carbons (Fsp3) is 0.231. The van der Waals surface area contributed by atoms with Crippen LogP contribution in [0.3, 0.4) is 0 Å². The lowest BCUT2D eigenvalue weighted by atomic mass is 9.97. The van der Waals surface area contributed by atoms with Gasteiger partial charge in [-0.2, -0.15) is 0 Å². The van der Waals surface area contributed by atoms with Gasteiger partial charge in [-0.1, -0.05) is 66.7 Å². The number of hydrogen-bond acceptors (Lipinski definition) is 2. The minimum atomic E-state index is -0.284. The van der Waals surface area contributed by atoms with Crippen LogP contribution >= 0.6 is 0 Å². The zero-order valence-corrected chi connectivity index (χ0v) is 17.1. The predicted octanol–water partition coefficient (Wildman–Crippen LogP) is 4.90. The molecule has 150 valence electrons. The SMILES string of the molecule is Cn1c(C(NC(=O)CC2CCc3ccccc32)c2ccccc2)nc2ccccc21. The molecule has 0 saturated carbocycles. The van der Waals surface area contributed by atoms with Crippen molar-refractivity contribution >= 4 is 16.9 Å². The van der Waals surface area contributed by atoms with Crippen LogP contribution in [-0.4, -0.2) is 15.5 Å². The number of nitrogens with one attached hydrogen (secondary N) is 1. The van der Waals surface area contributed by atoms with Gasteiger partial charge in [-0.15, -0.1) is 0 Å². The number of fused-ring (bicyclic) bond motifs is 2. The molecule has 0 aliphatic heterocycles. The van der Waals surface area contributed by atoms with Crippen molar-refractivity contribution in [3.05, 3.63) is 101 Å². The lowest BCUT2D eigenvalue weighted by Gasteiger charge is -2.20. The Bertz CT molecular complexity index is 1200. The molecule has 1 amide bonds. The fourth-order valence-corrected chi connectivity index (χ4v) is 4.67. The Kier molecular flexibility index (Phi) is 4.83. The Balaban J connectivity index is 1.44. The van der Waals surface area contributed by atoms with E-state index in [1.807, 2.05) is 43.4 Å². The third kappa shape index (κ3) is 3.39. The van der Waals surface area contributed by atoms with Crippen molar-refractivity contribution in [3.8, 4) is 0 Å². The molecule has 0 saturated heterocycles. The second-order valence-corrected chi connectivity index (χ2v) is 8.07. The Labute approximate surface area is 176 Å². The summed E-state index contributed by atoms with van der Waals surface area (Å²) in [5, 5.41) is 3.29. The molecule has 2 unspecified atom stereocenters. The summed E-state index contributed by atoms with van der Waals surface area (Å²) in [6.07, 6.45) is 2.60. The molecule has 4 nitrogen and oxygen atoms in total. The minimum absolute atomic E-state index is 0.0672. The molecule has 5 rings (SSSR count). The van der Waals surface area contributed by atoms with Crippen LogP contribution in [0.5, 0.6) is 0 Å². The van der Waals surface area contributed by atoms with Gasteiger partial charge in [0.05, 0.1) is 11.0 Å². The molecular weight excluding hydrogens is 370 g/mol. The number of rotatable bonds is 5. The van der Waals surface area contributed by atoms with Crippen molar-refractivity contribution in [2.45, 2.75) is 31.2 Å². The average Bonchev–Trinajstić information content (AvgIpc) is 3.34. The van der Waals surface area contributed by atoms with Crippen molar-refractivity contribution in [1.82, 2.24) is 14.9 Å². The van der Waals surface area contributed by atoms with E-state index in [-0.39, 0.29) is 17.9 Å². The maximum atomic E-state index is 13.1. The van der Waals surface area contributed by atoms with Crippen LogP contribution in [0.1, 0.15) is 47.3 Å². The molecule has 1 aliphatic carbocycles. The lowest BCUT2D eigenvalue weighted by Crippen LogP contribution is -2.31. The summed E-state index contributed by atoms with van der Waals surface area (Å²) in [5.74, 6) is 1.21. The first-order valence-corrected chi connectivity index (χ1v) is 10.5. The van der Waals surface area contributed by atoms with Gasteiger partial charge in [-0.05, 0) is 47.6 Å². The highest BCUT2D eigenvalue weighted by molar-refractivity contribution is 5.79. The summed E-state index contributed by atoms with van der Waals surface area (Å²) in [5.41, 5.74) is 5.75. The normalized spacial score (nSPS) is 16.4. The molecule has 1 aliphatic rings. The van der Waals surface area contributed by atoms with Crippen molar-refractivity contribution in [2.75, 3.05) is 0 Å². The van der Waals surface area contributed by atoms with Gasteiger partial charge in [-0.25, -0.2) is 4.98 Å². The van der Waals surface area contributed by atoms with E-state index in [0.29, 0.717) is 6.42 Å². The molecule has 30 heavy (non-hydrogen) atoms. The van der Waals surface area contributed by atoms with Crippen molar-refractivity contribution in [2.24, 2.45) is 7.05 Å². The Morgan fingerprint density at radius 3 is 2.60 bits per heavy atom. The molecule has 1 heterocycles. The van der Waals surface area contributed by atoms with Crippen molar-refractivity contribution in [3.63, 3.8) is 0 Å². The number of aromatic nitrogens is 2. The summed E-state index contributed by atoms with van der Waals surface area (Å²) in [6, 6.07) is 26.4. The summed E-state index contributed by atoms with van der Waals surface area (Å²) in [6.45, 7) is 0. The zero-order chi connectivity index (χ0) is 20.5. The lowest BCUT2D eigenvalue weighted by molar-refractivity contribution is -0.122. The van der Waals surface area contributed by atoms with E-state index in [9.17, 15) is 4.79 Å². The molecule has 0 bridgehead atoms. The Morgan fingerprint density at radius 2 is 1.77 bits per heavy atom. The molecule has 0 fully saturated rings. The van der Waals surface area contributed by atoms with E-state index in [4.69, 9.17) is 4.98 Å². The summed E-state index contributed by atoms with van der Waals surface area (Å²) in [7, 11) is 2.01.